The van der Waals surface area contributed by atoms with E-state index < -0.39 is 11.9 Å². The molecule has 0 saturated carbocycles. The summed E-state index contributed by atoms with van der Waals surface area (Å²) in [7, 11) is 1.55. The molecule has 0 aliphatic rings. The second-order valence-corrected chi connectivity index (χ2v) is 6.27. The number of carboxylic acid groups (broad SMARTS) is 1. The first-order valence-corrected chi connectivity index (χ1v) is 8.98. The highest BCUT2D eigenvalue weighted by Gasteiger charge is 2.09. The van der Waals surface area contributed by atoms with Gasteiger partial charge in [-0.05, 0) is 60.2 Å². The number of ketones is 1. The van der Waals surface area contributed by atoms with Gasteiger partial charge in [-0.25, -0.2) is 9.59 Å². The number of carbonyl (C=O) groups excluding carboxylic acids is 2. The Balaban J connectivity index is 1.61. The highest BCUT2D eigenvalue weighted by molar-refractivity contribution is 6.07. The molecule has 3 aromatic carbocycles. The van der Waals surface area contributed by atoms with E-state index in [1.807, 2.05) is 0 Å². The van der Waals surface area contributed by atoms with E-state index in [2.05, 4.69) is 0 Å². The molecule has 0 aliphatic carbocycles. The van der Waals surface area contributed by atoms with Gasteiger partial charge in [-0.1, -0.05) is 30.3 Å². The molecule has 0 spiro atoms. The smallest absolute Gasteiger partial charge is 0.343 e. The van der Waals surface area contributed by atoms with Gasteiger partial charge in [0.05, 0.1) is 18.2 Å². The summed E-state index contributed by atoms with van der Waals surface area (Å²) in [5, 5.41) is 8.89. The molecule has 3 aromatic rings. The molecular weight excluding hydrogens is 384 g/mol. The molecule has 150 valence electrons. The van der Waals surface area contributed by atoms with E-state index in [1.54, 1.807) is 61.7 Å². The number of carboxylic acids is 1. The monoisotopic (exact) mass is 402 g/mol. The minimum Gasteiger partial charge on any atom is -0.497 e. The Morgan fingerprint density at radius 3 is 1.83 bits per heavy atom. The predicted molar refractivity (Wildman–Crippen MR) is 111 cm³/mol. The normalized spacial score (nSPS) is 10.6. The third-order valence-corrected chi connectivity index (χ3v) is 4.26. The number of hydrogen-bond donors (Lipinski definition) is 1. The van der Waals surface area contributed by atoms with Crippen LogP contribution in [-0.2, 0) is 0 Å². The molecule has 0 heterocycles. The Morgan fingerprint density at radius 1 is 0.733 bits per heavy atom. The van der Waals surface area contributed by atoms with Crippen LogP contribution >= 0.6 is 0 Å². The summed E-state index contributed by atoms with van der Waals surface area (Å²) in [6.07, 6.45) is 3.02. The van der Waals surface area contributed by atoms with Crippen molar-refractivity contribution < 1.29 is 29.0 Å². The number of esters is 1. The SMILES string of the molecule is COc1ccc(C(=O)Oc2ccc(C=CC(=O)c3ccc(C(=O)O)cc3)cc2)cc1. The Morgan fingerprint density at radius 2 is 1.27 bits per heavy atom. The van der Waals surface area contributed by atoms with Crippen molar-refractivity contribution in [1.29, 1.82) is 0 Å². The third kappa shape index (κ3) is 5.20. The van der Waals surface area contributed by atoms with Crippen molar-refractivity contribution in [2.24, 2.45) is 0 Å². The fourth-order valence-electron chi connectivity index (χ4n) is 2.59. The topological polar surface area (TPSA) is 89.9 Å². The maximum absolute atomic E-state index is 12.2. The van der Waals surface area contributed by atoms with Crippen molar-refractivity contribution >= 4 is 23.8 Å². The highest BCUT2D eigenvalue weighted by atomic mass is 16.5. The fourth-order valence-corrected chi connectivity index (χ4v) is 2.59. The van der Waals surface area contributed by atoms with E-state index in [0.29, 0.717) is 22.6 Å². The van der Waals surface area contributed by atoms with E-state index in [-0.39, 0.29) is 11.3 Å². The summed E-state index contributed by atoms with van der Waals surface area (Å²) in [6.45, 7) is 0. The Bertz CT molecular complexity index is 1080. The van der Waals surface area contributed by atoms with Gasteiger partial charge in [-0.2, -0.15) is 0 Å². The van der Waals surface area contributed by atoms with Crippen LogP contribution in [-0.4, -0.2) is 29.9 Å². The minimum atomic E-state index is -1.04. The van der Waals surface area contributed by atoms with Crippen molar-refractivity contribution in [3.8, 4) is 11.5 Å². The van der Waals surface area contributed by atoms with Crippen LogP contribution in [0.15, 0.2) is 78.9 Å². The molecule has 0 aliphatic heterocycles. The number of aromatic carboxylic acids is 1. The maximum atomic E-state index is 12.2. The molecule has 3 rings (SSSR count). The first-order chi connectivity index (χ1) is 14.5. The lowest BCUT2D eigenvalue weighted by molar-refractivity contribution is 0.0694. The van der Waals surface area contributed by atoms with Crippen LogP contribution in [0.25, 0.3) is 6.08 Å². The van der Waals surface area contributed by atoms with Gasteiger partial charge < -0.3 is 14.6 Å². The third-order valence-electron chi connectivity index (χ3n) is 4.26. The lowest BCUT2D eigenvalue weighted by Gasteiger charge is -2.05. The van der Waals surface area contributed by atoms with Gasteiger partial charge in [0.2, 0.25) is 0 Å². The molecule has 0 fully saturated rings. The van der Waals surface area contributed by atoms with Gasteiger partial charge in [-0.15, -0.1) is 0 Å². The molecule has 6 heteroatoms. The Kier molecular flexibility index (Phi) is 6.39. The summed E-state index contributed by atoms with van der Waals surface area (Å²) >= 11 is 0. The fraction of sp³-hybridized carbons (Fsp3) is 0.0417. The number of methoxy groups -OCH3 is 1. The number of benzene rings is 3. The molecule has 0 atom stereocenters. The van der Waals surface area contributed by atoms with E-state index in [1.165, 1.54) is 30.3 Å². The molecule has 0 aromatic heterocycles. The standard InChI is InChI=1S/C24H18O6/c1-29-20-13-9-19(10-14-20)24(28)30-21-11-2-16(3-12-21)4-15-22(25)17-5-7-18(8-6-17)23(26)27/h2-15H,1H3,(H,26,27). The summed E-state index contributed by atoms with van der Waals surface area (Å²) in [5.41, 5.74) is 1.66. The number of rotatable bonds is 7. The van der Waals surface area contributed by atoms with Gasteiger partial charge >= 0.3 is 11.9 Å². The second-order valence-electron chi connectivity index (χ2n) is 6.27. The van der Waals surface area contributed by atoms with Gasteiger partial charge in [0.1, 0.15) is 11.5 Å². The predicted octanol–water partition coefficient (Wildman–Crippen LogP) is 4.51. The van der Waals surface area contributed by atoms with Crippen molar-refractivity contribution in [1.82, 2.24) is 0 Å². The Hall–Kier alpha value is -4.19. The van der Waals surface area contributed by atoms with Crippen molar-refractivity contribution in [3.05, 3.63) is 101 Å². The number of hydrogen-bond acceptors (Lipinski definition) is 5. The molecule has 6 nitrogen and oxygen atoms in total. The number of allylic oxidation sites excluding steroid dienone is 1. The van der Waals surface area contributed by atoms with Crippen molar-refractivity contribution in [2.45, 2.75) is 0 Å². The molecule has 30 heavy (non-hydrogen) atoms. The molecule has 0 amide bonds. The number of ether oxygens (including phenoxy) is 2. The van der Waals surface area contributed by atoms with Crippen LogP contribution in [0.2, 0.25) is 0 Å². The van der Waals surface area contributed by atoms with Gasteiger partial charge in [0, 0.05) is 5.56 Å². The van der Waals surface area contributed by atoms with Gasteiger partial charge in [-0.3, -0.25) is 4.79 Å². The number of carbonyl (C=O) groups is 3. The zero-order chi connectivity index (χ0) is 21.5. The molecule has 0 saturated heterocycles. The minimum absolute atomic E-state index is 0.121. The molecule has 0 unspecified atom stereocenters. The summed E-state index contributed by atoms with van der Waals surface area (Å²) in [4.78, 5) is 35.2. The lowest BCUT2D eigenvalue weighted by Crippen LogP contribution is -2.08. The zero-order valence-corrected chi connectivity index (χ0v) is 16.1. The molecule has 0 radical (unpaired) electrons. The van der Waals surface area contributed by atoms with Crippen LogP contribution in [0.4, 0.5) is 0 Å². The van der Waals surface area contributed by atoms with Crippen LogP contribution in [0.3, 0.4) is 0 Å². The van der Waals surface area contributed by atoms with Gasteiger partial charge in [0.25, 0.3) is 0 Å². The molecule has 0 bridgehead atoms. The lowest BCUT2D eigenvalue weighted by atomic mass is 10.1. The summed E-state index contributed by atoms with van der Waals surface area (Å²) in [6, 6.07) is 19.0. The Labute approximate surface area is 173 Å². The second kappa shape index (κ2) is 9.34. The summed E-state index contributed by atoms with van der Waals surface area (Å²) in [5.74, 6) is -0.751. The zero-order valence-electron chi connectivity index (χ0n) is 16.1. The first kappa shape index (κ1) is 20.5. The van der Waals surface area contributed by atoms with Crippen LogP contribution in [0, 0.1) is 0 Å². The van der Waals surface area contributed by atoms with Crippen LogP contribution < -0.4 is 9.47 Å². The summed E-state index contributed by atoms with van der Waals surface area (Å²) < 4.78 is 10.4. The van der Waals surface area contributed by atoms with Crippen molar-refractivity contribution in [2.75, 3.05) is 7.11 Å². The van der Waals surface area contributed by atoms with Crippen molar-refractivity contribution in [3.63, 3.8) is 0 Å². The maximum Gasteiger partial charge on any atom is 0.343 e. The molecule has 1 N–H and O–H groups in total. The van der Waals surface area contributed by atoms with E-state index in [9.17, 15) is 14.4 Å². The average Bonchev–Trinajstić information content (AvgIpc) is 2.78. The molecular formula is C24H18O6. The quantitative estimate of drug-likeness (QED) is 0.271. The first-order valence-electron chi connectivity index (χ1n) is 8.98. The highest BCUT2D eigenvalue weighted by Crippen LogP contribution is 2.17. The van der Waals surface area contributed by atoms with E-state index in [4.69, 9.17) is 14.6 Å². The van der Waals surface area contributed by atoms with Crippen LogP contribution in [0.5, 0.6) is 11.5 Å². The van der Waals surface area contributed by atoms with Gasteiger partial charge in [0.15, 0.2) is 5.78 Å². The van der Waals surface area contributed by atoms with E-state index >= 15 is 0 Å². The largest absolute Gasteiger partial charge is 0.497 e. The van der Waals surface area contributed by atoms with E-state index in [0.717, 1.165) is 5.56 Å². The van der Waals surface area contributed by atoms with Crippen LogP contribution in [0.1, 0.15) is 36.6 Å². The average molecular weight is 402 g/mol.